The molecule has 0 bridgehead atoms. The lowest BCUT2D eigenvalue weighted by Crippen LogP contribution is -2.48. The van der Waals surface area contributed by atoms with Crippen LogP contribution in [0.15, 0.2) is 18.3 Å². The van der Waals surface area contributed by atoms with Crippen molar-refractivity contribution in [2.75, 3.05) is 43.5 Å². The average molecular weight is 487 g/mol. The highest BCUT2D eigenvalue weighted by Gasteiger charge is 2.40. The number of aryl methyl sites for hydroxylation is 1. The smallest absolute Gasteiger partial charge is 0.303 e. The third kappa shape index (κ3) is 4.43. The maximum Gasteiger partial charge on any atom is 0.303 e. The number of rotatable bonds is 5. The van der Waals surface area contributed by atoms with E-state index in [0.717, 1.165) is 18.9 Å². The van der Waals surface area contributed by atoms with Crippen molar-refractivity contribution in [1.82, 2.24) is 29.6 Å². The first-order valence-corrected chi connectivity index (χ1v) is 11.6. The summed E-state index contributed by atoms with van der Waals surface area (Å²) >= 11 is 0. The summed E-state index contributed by atoms with van der Waals surface area (Å²) in [7, 11) is 2.08. The van der Waals surface area contributed by atoms with Crippen LogP contribution in [0, 0.1) is 0 Å². The molecule has 3 aromatic rings. The summed E-state index contributed by atoms with van der Waals surface area (Å²) in [4.78, 5) is 28.6. The molecule has 2 atom stereocenters. The number of nitrogens with one attached hydrogen (secondary N) is 1. The molecule has 5 heterocycles. The second-order valence-electron chi connectivity index (χ2n) is 9.15. The lowest BCUT2D eigenvalue weighted by molar-refractivity contribution is -0.114. The van der Waals surface area contributed by atoms with Gasteiger partial charge < -0.3 is 15.0 Å². The molecule has 3 aromatic heterocycles. The van der Waals surface area contributed by atoms with E-state index >= 15 is 0 Å². The maximum atomic E-state index is 14.2. The Labute approximate surface area is 201 Å². The van der Waals surface area contributed by atoms with E-state index < -0.39 is 11.7 Å². The zero-order chi connectivity index (χ0) is 24.9. The molecule has 0 radical (unpaired) electrons. The Hall–Kier alpha value is -3.25. The van der Waals surface area contributed by atoms with Gasteiger partial charge in [-0.05, 0) is 13.5 Å². The van der Waals surface area contributed by atoms with Gasteiger partial charge in [0.15, 0.2) is 11.6 Å². The van der Waals surface area contributed by atoms with Gasteiger partial charge in [-0.1, -0.05) is 6.92 Å². The van der Waals surface area contributed by atoms with Crippen molar-refractivity contribution in [3.8, 4) is 5.82 Å². The highest BCUT2D eigenvalue weighted by atomic mass is 19.3. The number of amides is 1. The number of halogens is 2. The number of likely N-dealkylation sites (N-methyl/N-ethyl adjacent to an activating group) is 1. The van der Waals surface area contributed by atoms with Crippen LogP contribution in [0.3, 0.4) is 0 Å². The molecule has 0 unspecified atom stereocenters. The standard InChI is InChI=1S/C23H28F2N8O2/c1-5-14-8-20(29-22(28-14)23(3,24)25)33-16-9-19(27-13(2)34)26-10-15(16)21(30-33)32-11-17-18(12-32)35-7-6-31(17)4/h8-10,17-18H,5-7,11-12H2,1-4H3,(H,26,27,34)/t17-,18+/m0/s1. The fourth-order valence-corrected chi connectivity index (χ4v) is 4.65. The van der Waals surface area contributed by atoms with Crippen LogP contribution >= 0.6 is 0 Å². The summed E-state index contributed by atoms with van der Waals surface area (Å²) in [6.45, 7) is 6.92. The number of morpholine rings is 1. The summed E-state index contributed by atoms with van der Waals surface area (Å²) in [5, 5.41) is 8.22. The quantitative estimate of drug-likeness (QED) is 0.587. The van der Waals surface area contributed by atoms with Crippen LogP contribution in [0.25, 0.3) is 16.7 Å². The monoisotopic (exact) mass is 486 g/mol. The van der Waals surface area contributed by atoms with Crippen molar-refractivity contribution in [2.24, 2.45) is 0 Å². The molecule has 2 aliphatic heterocycles. The number of nitrogens with zero attached hydrogens (tertiary/aromatic N) is 7. The minimum atomic E-state index is -3.21. The van der Waals surface area contributed by atoms with Gasteiger partial charge in [-0.3, -0.25) is 9.69 Å². The van der Waals surface area contributed by atoms with Crippen molar-refractivity contribution in [1.29, 1.82) is 0 Å². The van der Waals surface area contributed by atoms with E-state index in [9.17, 15) is 13.6 Å². The number of anilines is 2. The highest BCUT2D eigenvalue weighted by molar-refractivity contribution is 5.95. The van der Waals surface area contributed by atoms with Crippen LogP contribution in [0.5, 0.6) is 0 Å². The lowest BCUT2D eigenvalue weighted by atomic mass is 10.1. The minimum Gasteiger partial charge on any atom is -0.373 e. The molecular weight excluding hydrogens is 458 g/mol. The summed E-state index contributed by atoms with van der Waals surface area (Å²) in [5.41, 5.74) is 1.07. The molecule has 12 heteroatoms. The Morgan fingerprint density at radius 2 is 2.09 bits per heavy atom. The van der Waals surface area contributed by atoms with E-state index in [4.69, 9.17) is 9.84 Å². The van der Waals surface area contributed by atoms with Gasteiger partial charge in [-0.2, -0.15) is 8.78 Å². The number of alkyl halides is 2. The molecule has 2 aliphatic rings. The van der Waals surface area contributed by atoms with Gasteiger partial charge in [0.1, 0.15) is 5.82 Å². The molecule has 1 N–H and O–H groups in total. The van der Waals surface area contributed by atoms with Crippen LogP contribution in [0.1, 0.15) is 32.3 Å². The van der Waals surface area contributed by atoms with Crippen LogP contribution in [0.4, 0.5) is 20.4 Å². The number of hydrogen-bond donors (Lipinski definition) is 1. The Morgan fingerprint density at radius 3 is 2.77 bits per heavy atom. The predicted molar refractivity (Wildman–Crippen MR) is 126 cm³/mol. The van der Waals surface area contributed by atoms with Crippen LogP contribution in [-0.2, 0) is 21.9 Å². The Balaban J connectivity index is 1.65. The number of pyridine rings is 1. The van der Waals surface area contributed by atoms with E-state index in [1.54, 1.807) is 18.3 Å². The number of fused-ring (bicyclic) bond motifs is 2. The molecule has 2 saturated heterocycles. The first kappa shape index (κ1) is 23.5. The normalized spacial score (nSPS) is 20.9. The van der Waals surface area contributed by atoms with Crippen molar-refractivity contribution in [3.63, 3.8) is 0 Å². The second-order valence-corrected chi connectivity index (χ2v) is 9.15. The summed E-state index contributed by atoms with van der Waals surface area (Å²) in [6, 6.07) is 3.56. The maximum absolute atomic E-state index is 14.2. The molecule has 0 saturated carbocycles. The molecule has 2 fully saturated rings. The predicted octanol–water partition coefficient (Wildman–Crippen LogP) is 2.36. The molecule has 186 valence electrons. The molecule has 0 aliphatic carbocycles. The SMILES string of the molecule is CCc1cc(-n2nc(N3C[C@H]4OCCN(C)[C@H]4C3)c3cnc(NC(C)=O)cc32)nc(C(C)(F)F)n1. The van der Waals surface area contributed by atoms with E-state index in [-0.39, 0.29) is 23.9 Å². The van der Waals surface area contributed by atoms with Crippen molar-refractivity contribution in [3.05, 3.63) is 29.8 Å². The van der Waals surface area contributed by atoms with Crippen LogP contribution < -0.4 is 10.2 Å². The van der Waals surface area contributed by atoms with Gasteiger partial charge >= 0.3 is 5.92 Å². The average Bonchev–Trinajstić information content (AvgIpc) is 3.40. The van der Waals surface area contributed by atoms with Gasteiger partial charge in [0.25, 0.3) is 0 Å². The number of aromatic nitrogens is 5. The minimum absolute atomic E-state index is 0.0525. The number of ether oxygens (including phenoxy) is 1. The van der Waals surface area contributed by atoms with Gasteiger partial charge in [-0.25, -0.2) is 19.6 Å². The summed E-state index contributed by atoms with van der Waals surface area (Å²) in [5.74, 6) is -2.81. The number of carbonyl (C=O) groups excluding carboxylic acids is 1. The van der Waals surface area contributed by atoms with E-state index in [0.29, 0.717) is 49.0 Å². The fourth-order valence-electron chi connectivity index (χ4n) is 4.65. The van der Waals surface area contributed by atoms with E-state index in [2.05, 4.69) is 37.1 Å². The third-order valence-electron chi connectivity index (χ3n) is 6.47. The summed E-state index contributed by atoms with van der Waals surface area (Å²) < 4.78 is 35.9. The molecule has 1 amide bonds. The zero-order valence-corrected chi connectivity index (χ0v) is 20.1. The Morgan fingerprint density at radius 1 is 1.29 bits per heavy atom. The second kappa shape index (κ2) is 8.76. The van der Waals surface area contributed by atoms with Gasteiger partial charge in [-0.15, -0.1) is 5.10 Å². The Bertz CT molecular complexity index is 1270. The zero-order valence-electron chi connectivity index (χ0n) is 20.1. The molecular formula is C23H28F2N8O2. The molecule has 0 aromatic carbocycles. The summed E-state index contributed by atoms with van der Waals surface area (Å²) in [6.07, 6.45) is 2.16. The van der Waals surface area contributed by atoms with Crippen molar-refractivity contribution in [2.45, 2.75) is 45.3 Å². The lowest BCUT2D eigenvalue weighted by Gasteiger charge is -2.33. The van der Waals surface area contributed by atoms with Crippen LogP contribution in [-0.4, -0.2) is 81.0 Å². The van der Waals surface area contributed by atoms with Gasteiger partial charge in [0.2, 0.25) is 11.7 Å². The first-order valence-electron chi connectivity index (χ1n) is 11.6. The molecule has 35 heavy (non-hydrogen) atoms. The largest absolute Gasteiger partial charge is 0.373 e. The molecule has 5 rings (SSSR count). The molecule has 0 spiro atoms. The van der Waals surface area contributed by atoms with E-state index in [1.807, 2.05) is 6.92 Å². The fraction of sp³-hybridized carbons (Fsp3) is 0.522. The highest BCUT2D eigenvalue weighted by Crippen LogP contribution is 2.34. The van der Waals surface area contributed by atoms with Gasteiger partial charge in [0.05, 0.1) is 29.7 Å². The first-order chi connectivity index (χ1) is 16.6. The van der Waals surface area contributed by atoms with E-state index in [1.165, 1.54) is 11.6 Å². The number of hydrogen-bond acceptors (Lipinski definition) is 8. The van der Waals surface area contributed by atoms with Crippen molar-refractivity contribution < 1.29 is 18.3 Å². The Kier molecular flexibility index (Phi) is 5.88. The molecule has 10 nitrogen and oxygen atoms in total. The number of carbonyl (C=O) groups is 1. The topological polar surface area (TPSA) is 101 Å². The third-order valence-corrected chi connectivity index (χ3v) is 6.47. The van der Waals surface area contributed by atoms with Crippen LogP contribution in [0.2, 0.25) is 0 Å². The van der Waals surface area contributed by atoms with Crippen molar-refractivity contribution >= 4 is 28.4 Å². The van der Waals surface area contributed by atoms with Gasteiger partial charge in [0, 0.05) is 57.5 Å².